The highest BCUT2D eigenvalue weighted by molar-refractivity contribution is 5.89. The summed E-state index contributed by atoms with van der Waals surface area (Å²) in [5, 5.41) is 0. The standard InChI is InChI=1S/C12H14O3.C2H6/c1-2-15-12(14)11-7-5-10(6-8-11)4-3-9-13;1-2/h5-9H,2-4H2,1H3;1-2H3. The van der Waals surface area contributed by atoms with E-state index in [0.717, 1.165) is 11.8 Å². The van der Waals surface area contributed by atoms with E-state index in [1.54, 1.807) is 19.1 Å². The molecule has 0 bridgehead atoms. The van der Waals surface area contributed by atoms with Crippen LogP contribution in [0.5, 0.6) is 0 Å². The first-order chi connectivity index (χ1) is 8.27. The van der Waals surface area contributed by atoms with Gasteiger partial charge in [-0.1, -0.05) is 26.0 Å². The Morgan fingerprint density at radius 3 is 2.29 bits per heavy atom. The highest BCUT2D eigenvalue weighted by Crippen LogP contribution is 2.07. The Morgan fingerprint density at radius 1 is 1.24 bits per heavy atom. The Morgan fingerprint density at radius 2 is 1.82 bits per heavy atom. The van der Waals surface area contributed by atoms with Crippen LogP contribution in [0.1, 0.15) is 43.1 Å². The number of rotatable bonds is 5. The van der Waals surface area contributed by atoms with Crippen LogP contribution in [0, 0.1) is 0 Å². The van der Waals surface area contributed by atoms with Crippen molar-refractivity contribution in [1.82, 2.24) is 0 Å². The van der Waals surface area contributed by atoms with Crippen molar-refractivity contribution >= 4 is 12.3 Å². The molecule has 3 nitrogen and oxygen atoms in total. The Balaban J connectivity index is 0.00000121. The molecule has 0 atom stereocenters. The molecule has 0 unspecified atom stereocenters. The molecule has 0 spiro atoms. The smallest absolute Gasteiger partial charge is 0.338 e. The molecule has 94 valence electrons. The van der Waals surface area contributed by atoms with Gasteiger partial charge in [-0.05, 0) is 31.0 Å². The quantitative estimate of drug-likeness (QED) is 0.583. The van der Waals surface area contributed by atoms with Crippen LogP contribution in [-0.2, 0) is 16.0 Å². The molecule has 17 heavy (non-hydrogen) atoms. The summed E-state index contributed by atoms with van der Waals surface area (Å²) in [4.78, 5) is 21.5. The summed E-state index contributed by atoms with van der Waals surface area (Å²) in [5.41, 5.74) is 1.60. The van der Waals surface area contributed by atoms with Crippen molar-refractivity contribution in [2.24, 2.45) is 0 Å². The van der Waals surface area contributed by atoms with Crippen LogP contribution in [0.15, 0.2) is 24.3 Å². The van der Waals surface area contributed by atoms with Crippen molar-refractivity contribution in [2.75, 3.05) is 6.61 Å². The molecule has 0 saturated carbocycles. The average Bonchev–Trinajstić information content (AvgIpc) is 2.39. The normalized spacial score (nSPS) is 8.88. The molecule has 0 aliphatic heterocycles. The first-order valence-corrected chi connectivity index (χ1v) is 5.97. The minimum Gasteiger partial charge on any atom is -0.462 e. The summed E-state index contributed by atoms with van der Waals surface area (Å²) in [6.07, 6.45) is 2.12. The van der Waals surface area contributed by atoms with Gasteiger partial charge >= 0.3 is 5.97 Å². The Labute approximate surface area is 103 Å². The monoisotopic (exact) mass is 236 g/mol. The van der Waals surface area contributed by atoms with Gasteiger partial charge in [-0.2, -0.15) is 0 Å². The number of benzene rings is 1. The van der Waals surface area contributed by atoms with E-state index in [1.807, 2.05) is 26.0 Å². The van der Waals surface area contributed by atoms with Crippen molar-refractivity contribution in [2.45, 2.75) is 33.6 Å². The molecule has 0 aliphatic carbocycles. The van der Waals surface area contributed by atoms with E-state index in [4.69, 9.17) is 4.74 Å². The third-order valence-corrected chi connectivity index (χ3v) is 2.02. The highest BCUT2D eigenvalue weighted by atomic mass is 16.5. The van der Waals surface area contributed by atoms with Gasteiger partial charge < -0.3 is 9.53 Å². The molecule has 0 N–H and O–H groups in total. The summed E-state index contributed by atoms with van der Waals surface area (Å²) < 4.78 is 4.85. The van der Waals surface area contributed by atoms with Crippen LogP contribution in [0.25, 0.3) is 0 Å². The minimum atomic E-state index is -0.306. The fraction of sp³-hybridized carbons (Fsp3) is 0.429. The number of ether oxygens (including phenoxy) is 1. The van der Waals surface area contributed by atoms with Gasteiger partial charge in [0.2, 0.25) is 0 Å². The lowest BCUT2D eigenvalue weighted by Gasteiger charge is -2.02. The van der Waals surface area contributed by atoms with E-state index in [1.165, 1.54) is 0 Å². The van der Waals surface area contributed by atoms with Gasteiger partial charge in [-0.15, -0.1) is 0 Å². The van der Waals surface area contributed by atoms with Crippen LogP contribution >= 0.6 is 0 Å². The second-order valence-electron chi connectivity index (χ2n) is 3.12. The summed E-state index contributed by atoms with van der Waals surface area (Å²) in [7, 11) is 0. The molecule has 0 saturated heterocycles. The maximum absolute atomic E-state index is 11.3. The first-order valence-electron chi connectivity index (χ1n) is 5.97. The van der Waals surface area contributed by atoms with E-state index in [9.17, 15) is 9.59 Å². The van der Waals surface area contributed by atoms with Crippen molar-refractivity contribution in [3.63, 3.8) is 0 Å². The number of aryl methyl sites for hydroxylation is 1. The van der Waals surface area contributed by atoms with Gasteiger partial charge in [-0.3, -0.25) is 0 Å². The molecule has 0 heterocycles. The largest absolute Gasteiger partial charge is 0.462 e. The van der Waals surface area contributed by atoms with Crippen LogP contribution in [0.3, 0.4) is 0 Å². The zero-order valence-corrected chi connectivity index (χ0v) is 10.7. The zero-order valence-electron chi connectivity index (χ0n) is 10.7. The van der Waals surface area contributed by atoms with E-state index >= 15 is 0 Å². The summed E-state index contributed by atoms with van der Waals surface area (Å²) in [6, 6.07) is 7.13. The average molecular weight is 236 g/mol. The van der Waals surface area contributed by atoms with Crippen molar-refractivity contribution in [3.05, 3.63) is 35.4 Å². The van der Waals surface area contributed by atoms with Crippen molar-refractivity contribution < 1.29 is 14.3 Å². The van der Waals surface area contributed by atoms with Crippen molar-refractivity contribution in [1.29, 1.82) is 0 Å². The minimum absolute atomic E-state index is 0.306. The predicted molar refractivity (Wildman–Crippen MR) is 68.1 cm³/mol. The van der Waals surface area contributed by atoms with Gasteiger partial charge in [-0.25, -0.2) is 4.79 Å². The lowest BCUT2D eigenvalue weighted by molar-refractivity contribution is -0.107. The molecule has 0 aliphatic rings. The topological polar surface area (TPSA) is 43.4 Å². The number of carbonyl (C=O) groups excluding carboxylic acids is 2. The maximum atomic E-state index is 11.3. The van der Waals surface area contributed by atoms with E-state index < -0.39 is 0 Å². The Bertz CT molecular complexity index is 328. The summed E-state index contributed by atoms with van der Waals surface area (Å²) in [6.45, 7) is 6.15. The van der Waals surface area contributed by atoms with E-state index in [-0.39, 0.29) is 5.97 Å². The predicted octanol–water partition coefficient (Wildman–Crippen LogP) is 3.02. The Kier molecular flexibility index (Phi) is 8.65. The molecular formula is C14H20O3. The number of hydrogen-bond donors (Lipinski definition) is 0. The molecule has 0 aromatic heterocycles. The third-order valence-electron chi connectivity index (χ3n) is 2.02. The van der Waals surface area contributed by atoms with E-state index in [0.29, 0.717) is 25.0 Å². The molecule has 1 rings (SSSR count). The highest BCUT2D eigenvalue weighted by Gasteiger charge is 2.04. The molecule has 1 aromatic carbocycles. The number of aldehydes is 1. The van der Waals surface area contributed by atoms with Gasteiger partial charge in [0, 0.05) is 6.42 Å². The van der Waals surface area contributed by atoms with Crippen LogP contribution in [0.2, 0.25) is 0 Å². The molecule has 1 aromatic rings. The van der Waals surface area contributed by atoms with Gasteiger partial charge in [0.05, 0.1) is 12.2 Å². The van der Waals surface area contributed by atoms with Gasteiger partial charge in [0.15, 0.2) is 0 Å². The fourth-order valence-corrected chi connectivity index (χ4v) is 1.25. The lowest BCUT2D eigenvalue weighted by atomic mass is 10.1. The SMILES string of the molecule is CC.CCOC(=O)c1ccc(CCC=O)cc1. The molecular weight excluding hydrogens is 216 g/mol. The van der Waals surface area contributed by atoms with Crippen LogP contribution in [0.4, 0.5) is 0 Å². The fourth-order valence-electron chi connectivity index (χ4n) is 1.25. The molecule has 0 radical (unpaired) electrons. The second kappa shape index (κ2) is 9.58. The number of carbonyl (C=O) groups is 2. The first kappa shape index (κ1) is 15.4. The number of esters is 1. The molecule has 0 amide bonds. The van der Waals surface area contributed by atoms with Crippen molar-refractivity contribution in [3.8, 4) is 0 Å². The second-order valence-corrected chi connectivity index (χ2v) is 3.12. The van der Waals surface area contributed by atoms with Crippen LogP contribution < -0.4 is 0 Å². The van der Waals surface area contributed by atoms with Gasteiger partial charge in [0.1, 0.15) is 6.29 Å². The van der Waals surface area contributed by atoms with Crippen LogP contribution in [-0.4, -0.2) is 18.9 Å². The van der Waals surface area contributed by atoms with E-state index in [2.05, 4.69) is 0 Å². The maximum Gasteiger partial charge on any atom is 0.338 e. The molecule has 0 fully saturated rings. The number of hydrogen-bond acceptors (Lipinski definition) is 3. The zero-order chi connectivity index (χ0) is 13.1. The molecule has 3 heteroatoms. The summed E-state index contributed by atoms with van der Waals surface area (Å²) >= 11 is 0. The summed E-state index contributed by atoms with van der Waals surface area (Å²) in [5.74, 6) is -0.306. The lowest BCUT2D eigenvalue weighted by Crippen LogP contribution is -2.04. The van der Waals surface area contributed by atoms with Gasteiger partial charge in [0.25, 0.3) is 0 Å². The Hall–Kier alpha value is -1.64. The third kappa shape index (κ3) is 5.85.